The van der Waals surface area contributed by atoms with Crippen LogP contribution in [0.15, 0.2) is 22.5 Å². The number of benzene rings is 1. The first-order valence-electron chi connectivity index (χ1n) is 8.56. The van der Waals surface area contributed by atoms with E-state index in [1.165, 1.54) is 6.42 Å². The molecule has 1 amide bonds. The molecule has 6 heteroatoms. The molecule has 2 heterocycles. The van der Waals surface area contributed by atoms with Gasteiger partial charge in [-0.15, -0.1) is 11.3 Å². The molecule has 1 aliphatic rings. The maximum atomic E-state index is 12.6. The van der Waals surface area contributed by atoms with Gasteiger partial charge in [0, 0.05) is 12.1 Å². The van der Waals surface area contributed by atoms with Crippen molar-refractivity contribution >= 4 is 39.2 Å². The number of carbonyl (C=O) groups excluding carboxylic acids is 1. The molecule has 0 bridgehead atoms. The summed E-state index contributed by atoms with van der Waals surface area (Å²) < 4.78 is 7.59. The van der Waals surface area contributed by atoms with Crippen molar-refractivity contribution in [1.29, 1.82) is 0 Å². The van der Waals surface area contributed by atoms with Gasteiger partial charge in [0.2, 0.25) is 5.91 Å². The fourth-order valence-corrected chi connectivity index (χ4v) is 5.28. The van der Waals surface area contributed by atoms with Crippen LogP contribution in [0.25, 0.3) is 10.2 Å². The molecule has 0 N–H and O–H groups in total. The summed E-state index contributed by atoms with van der Waals surface area (Å²) in [5.74, 6) is 1.57. The monoisotopic (exact) mass is 364 g/mol. The molecule has 24 heavy (non-hydrogen) atoms. The highest BCUT2D eigenvalue weighted by molar-refractivity contribution is 8.01. The maximum Gasteiger partial charge on any atom is 0.233 e. The van der Waals surface area contributed by atoms with Crippen LogP contribution in [0.4, 0.5) is 0 Å². The molecule has 0 aliphatic carbocycles. The molecule has 1 saturated heterocycles. The third kappa shape index (κ3) is 3.86. The van der Waals surface area contributed by atoms with Crippen LogP contribution in [-0.4, -0.2) is 40.2 Å². The van der Waals surface area contributed by atoms with E-state index in [0.717, 1.165) is 33.1 Å². The summed E-state index contributed by atoms with van der Waals surface area (Å²) in [6.45, 7) is 6.95. The van der Waals surface area contributed by atoms with Gasteiger partial charge in [-0.25, -0.2) is 4.98 Å². The highest BCUT2D eigenvalue weighted by Crippen LogP contribution is 2.32. The van der Waals surface area contributed by atoms with E-state index < -0.39 is 0 Å². The Bertz CT molecular complexity index is 706. The zero-order valence-electron chi connectivity index (χ0n) is 14.4. The van der Waals surface area contributed by atoms with Crippen molar-refractivity contribution in [2.45, 2.75) is 56.5 Å². The van der Waals surface area contributed by atoms with Crippen LogP contribution in [0.1, 0.15) is 40.0 Å². The largest absolute Gasteiger partial charge is 0.494 e. The zero-order chi connectivity index (χ0) is 17.1. The van der Waals surface area contributed by atoms with Gasteiger partial charge >= 0.3 is 0 Å². The second-order valence-electron chi connectivity index (χ2n) is 6.26. The lowest BCUT2D eigenvalue weighted by Crippen LogP contribution is -2.48. The quantitative estimate of drug-likeness (QED) is 0.729. The van der Waals surface area contributed by atoms with Crippen molar-refractivity contribution in [2.24, 2.45) is 0 Å². The molecule has 3 rings (SSSR count). The van der Waals surface area contributed by atoms with Crippen molar-refractivity contribution < 1.29 is 9.53 Å². The van der Waals surface area contributed by atoms with Gasteiger partial charge < -0.3 is 9.64 Å². The number of hydrogen-bond acceptors (Lipinski definition) is 5. The molecule has 1 fully saturated rings. The van der Waals surface area contributed by atoms with Gasteiger partial charge in [0.05, 0.1) is 22.6 Å². The molecule has 0 saturated carbocycles. The number of likely N-dealkylation sites (tertiary alicyclic amines) is 1. The average Bonchev–Trinajstić information content (AvgIpc) is 2.95. The van der Waals surface area contributed by atoms with E-state index >= 15 is 0 Å². The van der Waals surface area contributed by atoms with Gasteiger partial charge in [-0.1, -0.05) is 11.8 Å². The SMILES string of the molecule is CCOc1ccc2nc(SCC(=O)N3[C@H](C)CCC[C@@H]3C)sc2c1. The summed E-state index contributed by atoms with van der Waals surface area (Å²) in [6, 6.07) is 6.66. The van der Waals surface area contributed by atoms with E-state index in [2.05, 4.69) is 23.7 Å². The molecule has 1 aliphatic heterocycles. The van der Waals surface area contributed by atoms with Gasteiger partial charge in [-0.3, -0.25) is 4.79 Å². The number of rotatable bonds is 5. The second-order valence-corrected chi connectivity index (χ2v) is 8.51. The standard InChI is InChI=1S/C18H24N2O2S2/c1-4-22-14-8-9-15-16(10-14)24-18(19-15)23-11-17(21)20-12(2)6-5-7-13(20)3/h8-10,12-13H,4-7,11H2,1-3H3/t12-,13+. The van der Waals surface area contributed by atoms with E-state index in [4.69, 9.17) is 4.74 Å². The molecule has 1 aromatic heterocycles. The van der Waals surface area contributed by atoms with Gasteiger partial charge in [-0.05, 0) is 58.2 Å². The van der Waals surface area contributed by atoms with Crippen LogP contribution in [0.3, 0.4) is 0 Å². The molecule has 2 aromatic rings. The number of nitrogens with zero attached hydrogens (tertiary/aromatic N) is 2. The molecule has 2 atom stereocenters. The van der Waals surface area contributed by atoms with Crippen molar-refractivity contribution in [3.63, 3.8) is 0 Å². The number of aromatic nitrogens is 1. The molecule has 0 unspecified atom stereocenters. The van der Waals surface area contributed by atoms with Crippen LogP contribution in [0, 0.1) is 0 Å². The Balaban J connectivity index is 1.65. The smallest absolute Gasteiger partial charge is 0.233 e. The normalized spacial score (nSPS) is 21.2. The van der Waals surface area contributed by atoms with Crippen molar-refractivity contribution in [2.75, 3.05) is 12.4 Å². The molecule has 0 radical (unpaired) electrons. The van der Waals surface area contributed by atoms with Crippen molar-refractivity contribution in [3.8, 4) is 5.75 Å². The summed E-state index contributed by atoms with van der Waals surface area (Å²) in [5.41, 5.74) is 0.970. The van der Waals surface area contributed by atoms with E-state index in [9.17, 15) is 4.79 Å². The number of piperidine rings is 1. The van der Waals surface area contributed by atoms with E-state index in [1.54, 1.807) is 23.1 Å². The van der Waals surface area contributed by atoms with Crippen LogP contribution in [0.5, 0.6) is 5.75 Å². The van der Waals surface area contributed by atoms with Crippen LogP contribution in [0.2, 0.25) is 0 Å². The third-order valence-electron chi connectivity index (χ3n) is 4.45. The van der Waals surface area contributed by atoms with E-state index in [0.29, 0.717) is 24.4 Å². The van der Waals surface area contributed by atoms with Crippen molar-refractivity contribution in [1.82, 2.24) is 9.88 Å². The predicted octanol–water partition coefficient (Wildman–Crippen LogP) is 4.58. The summed E-state index contributed by atoms with van der Waals surface area (Å²) >= 11 is 3.18. The van der Waals surface area contributed by atoms with Gasteiger partial charge in [0.15, 0.2) is 4.34 Å². The summed E-state index contributed by atoms with van der Waals surface area (Å²) in [7, 11) is 0. The number of amides is 1. The fraction of sp³-hybridized carbons (Fsp3) is 0.556. The minimum Gasteiger partial charge on any atom is -0.494 e. The highest BCUT2D eigenvalue weighted by Gasteiger charge is 2.28. The number of thiazole rings is 1. The molecule has 4 nitrogen and oxygen atoms in total. The fourth-order valence-electron chi connectivity index (χ4n) is 3.31. The number of thioether (sulfide) groups is 1. The Kier molecular flexibility index (Phi) is 5.66. The topological polar surface area (TPSA) is 42.4 Å². The second kappa shape index (κ2) is 7.74. The maximum absolute atomic E-state index is 12.6. The van der Waals surface area contributed by atoms with Crippen LogP contribution >= 0.6 is 23.1 Å². The first-order valence-corrected chi connectivity index (χ1v) is 10.4. The lowest BCUT2D eigenvalue weighted by Gasteiger charge is -2.39. The third-order valence-corrected chi connectivity index (χ3v) is 6.60. The van der Waals surface area contributed by atoms with E-state index in [1.807, 2.05) is 25.1 Å². The minimum absolute atomic E-state index is 0.231. The van der Waals surface area contributed by atoms with Crippen LogP contribution < -0.4 is 4.74 Å². The molecule has 1 aromatic carbocycles. The lowest BCUT2D eigenvalue weighted by atomic mass is 9.98. The number of carbonyl (C=O) groups is 1. The zero-order valence-corrected chi connectivity index (χ0v) is 16.1. The molecule has 130 valence electrons. The lowest BCUT2D eigenvalue weighted by molar-refractivity contribution is -0.134. The first kappa shape index (κ1) is 17.5. The van der Waals surface area contributed by atoms with Gasteiger partial charge in [0.1, 0.15) is 5.75 Å². The van der Waals surface area contributed by atoms with Crippen LogP contribution in [-0.2, 0) is 4.79 Å². The van der Waals surface area contributed by atoms with Gasteiger partial charge in [0.25, 0.3) is 0 Å². The predicted molar refractivity (Wildman–Crippen MR) is 101 cm³/mol. The Hall–Kier alpha value is -1.27. The molecular formula is C18H24N2O2S2. The summed E-state index contributed by atoms with van der Waals surface area (Å²) in [6.07, 6.45) is 3.45. The highest BCUT2D eigenvalue weighted by atomic mass is 32.2. The number of hydrogen-bond donors (Lipinski definition) is 0. The minimum atomic E-state index is 0.231. The molecule has 0 spiro atoms. The van der Waals surface area contributed by atoms with Gasteiger partial charge in [-0.2, -0.15) is 0 Å². The summed E-state index contributed by atoms with van der Waals surface area (Å²) in [4.78, 5) is 19.3. The summed E-state index contributed by atoms with van der Waals surface area (Å²) in [5, 5.41) is 0. The average molecular weight is 365 g/mol. The Morgan fingerprint density at radius 2 is 2.12 bits per heavy atom. The Morgan fingerprint density at radius 1 is 1.38 bits per heavy atom. The first-order chi connectivity index (χ1) is 11.6. The Labute approximate surface area is 151 Å². The number of fused-ring (bicyclic) bond motifs is 1. The van der Waals surface area contributed by atoms with E-state index in [-0.39, 0.29) is 5.91 Å². The van der Waals surface area contributed by atoms with Crippen molar-refractivity contribution in [3.05, 3.63) is 18.2 Å². The molecular weight excluding hydrogens is 340 g/mol. The number of ether oxygens (including phenoxy) is 1. The Morgan fingerprint density at radius 3 is 2.83 bits per heavy atom.